The van der Waals surface area contributed by atoms with Crippen molar-refractivity contribution >= 4 is 39.3 Å². The fraction of sp³-hybridized carbons (Fsp3) is 0.188. The Balaban J connectivity index is 2.31. The Bertz CT molecular complexity index is 945. The molecule has 0 spiro atoms. The minimum Gasteiger partial charge on any atom is -0.549 e. The highest BCUT2D eigenvalue weighted by Gasteiger charge is 2.17. The van der Waals surface area contributed by atoms with Gasteiger partial charge < -0.3 is 9.90 Å². The molecule has 23 heavy (non-hydrogen) atoms. The SMILES string of the molecule is Cc1sc2nc(SCC(=O)[O-])n(-c3ccccc3)c(=O)c2c1C. The number of aromatic nitrogens is 2. The number of carbonyl (C=O) groups is 1. The third kappa shape index (κ3) is 2.89. The molecule has 2 aromatic heterocycles. The van der Waals surface area contributed by atoms with Gasteiger partial charge in [0.05, 0.1) is 17.0 Å². The number of benzene rings is 1. The second-order valence-electron chi connectivity index (χ2n) is 4.99. The van der Waals surface area contributed by atoms with Crippen LogP contribution in [0, 0.1) is 13.8 Å². The van der Waals surface area contributed by atoms with E-state index in [1.54, 1.807) is 12.1 Å². The molecular weight excluding hydrogens is 332 g/mol. The van der Waals surface area contributed by atoms with Gasteiger partial charge in [-0.3, -0.25) is 9.36 Å². The van der Waals surface area contributed by atoms with E-state index in [0.29, 0.717) is 21.1 Å². The lowest BCUT2D eigenvalue weighted by atomic mass is 10.2. The van der Waals surface area contributed by atoms with Crippen molar-refractivity contribution in [3.05, 3.63) is 51.1 Å². The molecule has 0 aliphatic carbocycles. The molecule has 0 atom stereocenters. The first kappa shape index (κ1) is 15.8. The normalized spacial score (nSPS) is 11.0. The number of carboxylic acids is 1. The highest BCUT2D eigenvalue weighted by Crippen LogP contribution is 2.29. The summed E-state index contributed by atoms with van der Waals surface area (Å²) >= 11 is 2.43. The number of carbonyl (C=O) groups excluding carboxylic acids is 1. The van der Waals surface area contributed by atoms with Crippen molar-refractivity contribution < 1.29 is 9.90 Å². The first-order valence-electron chi connectivity index (χ1n) is 6.90. The van der Waals surface area contributed by atoms with Gasteiger partial charge in [-0.2, -0.15) is 0 Å². The number of para-hydroxylation sites is 1. The van der Waals surface area contributed by atoms with E-state index >= 15 is 0 Å². The summed E-state index contributed by atoms with van der Waals surface area (Å²) in [5.74, 6) is -1.45. The lowest BCUT2D eigenvalue weighted by Crippen LogP contribution is -2.26. The Morgan fingerprint density at radius 3 is 2.65 bits per heavy atom. The fourth-order valence-electron chi connectivity index (χ4n) is 2.30. The molecule has 7 heteroatoms. The van der Waals surface area contributed by atoms with Gasteiger partial charge in [0, 0.05) is 10.6 Å². The summed E-state index contributed by atoms with van der Waals surface area (Å²) in [6.45, 7) is 3.85. The van der Waals surface area contributed by atoms with E-state index in [9.17, 15) is 14.7 Å². The number of hydrogen-bond acceptors (Lipinski definition) is 6. The van der Waals surface area contributed by atoms with Crippen LogP contribution in [-0.4, -0.2) is 21.3 Å². The summed E-state index contributed by atoms with van der Waals surface area (Å²) in [7, 11) is 0. The maximum atomic E-state index is 13.0. The number of thiophene rings is 1. The average Bonchev–Trinajstić information content (AvgIpc) is 2.81. The molecule has 5 nitrogen and oxygen atoms in total. The van der Waals surface area contributed by atoms with Crippen LogP contribution in [0.15, 0.2) is 40.3 Å². The predicted molar refractivity (Wildman–Crippen MR) is 90.4 cm³/mol. The maximum absolute atomic E-state index is 13.0. The van der Waals surface area contributed by atoms with Crippen molar-refractivity contribution in [1.82, 2.24) is 9.55 Å². The molecule has 0 saturated heterocycles. The van der Waals surface area contributed by atoms with Gasteiger partial charge in [0.2, 0.25) is 0 Å². The molecule has 3 rings (SSSR count). The minimum atomic E-state index is -1.19. The van der Waals surface area contributed by atoms with Crippen LogP contribution in [0.3, 0.4) is 0 Å². The van der Waals surface area contributed by atoms with Crippen LogP contribution in [0.25, 0.3) is 15.9 Å². The number of aryl methyl sites for hydroxylation is 2. The highest BCUT2D eigenvalue weighted by atomic mass is 32.2. The fourth-order valence-corrected chi connectivity index (χ4v) is 4.10. The summed E-state index contributed by atoms with van der Waals surface area (Å²) in [6.07, 6.45) is 0. The van der Waals surface area contributed by atoms with Gasteiger partial charge in [-0.15, -0.1) is 11.3 Å². The molecule has 0 bridgehead atoms. The lowest BCUT2D eigenvalue weighted by molar-refractivity contribution is -0.301. The summed E-state index contributed by atoms with van der Waals surface area (Å²) < 4.78 is 1.47. The molecule has 1 aromatic carbocycles. The van der Waals surface area contributed by atoms with Crippen molar-refractivity contribution in [2.75, 3.05) is 5.75 Å². The summed E-state index contributed by atoms with van der Waals surface area (Å²) in [6, 6.07) is 9.10. The minimum absolute atomic E-state index is 0.177. The maximum Gasteiger partial charge on any atom is 0.267 e. The first-order valence-corrected chi connectivity index (χ1v) is 8.70. The lowest BCUT2D eigenvalue weighted by Gasteiger charge is -2.12. The molecule has 3 aromatic rings. The first-order chi connectivity index (χ1) is 11.0. The Hall–Kier alpha value is -2.12. The molecule has 0 radical (unpaired) electrons. The highest BCUT2D eigenvalue weighted by molar-refractivity contribution is 7.99. The van der Waals surface area contributed by atoms with Crippen LogP contribution in [0.2, 0.25) is 0 Å². The molecule has 2 heterocycles. The number of rotatable bonds is 4. The zero-order valence-corrected chi connectivity index (χ0v) is 14.2. The number of carboxylic acid groups (broad SMARTS) is 1. The third-order valence-corrected chi connectivity index (χ3v) is 5.52. The van der Waals surface area contributed by atoms with E-state index in [1.807, 2.05) is 32.0 Å². The zero-order chi connectivity index (χ0) is 16.6. The molecule has 0 aliphatic heterocycles. The van der Waals surface area contributed by atoms with Crippen molar-refractivity contribution in [3.8, 4) is 5.69 Å². The van der Waals surface area contributed by atoms with Gasteiger partial charge in [0.15, 0.2) is 5.16 Å². The van der Waals surface area contributed by atoms with E-state index in [2.05, 4.69) is 4.98 Å². The molecule has 0 saturated carbocycles. The number of fused-ring (bicyclic) bond motifs is 1. The number of hydrogen-bond donors (Lipinski definition) is 0. The van der Waals surface area contributed by atoms with Crippen LogP contribution >= 0.6 is 23.1 Å². The van der Waals surface area contributed by atoms with Crippen molar-refractivity contribution in [2.24, 2.45) is 0 Å². The van der Waals surface area contributed by atoms with E-state index < -0.39 is 5.97 Å². The van der Waals surface area contributed by atoms with Gasteiger partial charge in [0.1, 0.15) is 4.83 Å². The van der Waals surface area contributed by atoms with Crippen molar-refractivity contribution in [3.63, 3.8) is 0 Å². The van der Waals surface area contributed by atoms with Gasteiger partial charge in [-0.25, -0.2) is 4.98 Å². The van der Waals surface area contributed by atoms with Gasteiger partial charge in [-0.1, -0.05) is 30.0 Å². The third-order valence-electron chi connectivity index (χ3n) is 3.51. The Morgan fingerprint density at radius 1 is 1.30 bits per heavy atom. The molecule has 118 valence electrons. The second-order valence-corrected chi connectivity index (χ2v) is 7.14. The Kier molecular flexibility index (Phi) is 4.23. The van der Waals surface area contributed by atoms with Crippen molar-refractivity contribution in [1.29, 1.82) is 0 Å². The Morgan fingerprint density at radius 2 is 2.00 bits per heavy atom. The van der Waals surface area contributed by atoms with E-state index in [1.165, 1.54) is 15.9 Å². The predicted octanol–water partition coefficient (Wildman–Crippen LogP) is 1.91. The number of aliphatic carboxylic acids is 1. The molecule has 0 aliphatic rings. The number of nitrogens with zero attached hydrogens (tertiary/aromatic N) is 2. The number of thioether (sulfide) groups is 1. The van der Waals surface area contributed by atoms with Gasteiger partial charge in [-0.05, 0) is 31.5 Å². The molecule has 0 fully saturated rings. The van der Waals surface area contributed by atoms with E-state index in [0.717, 1.165) is 22.2 Å². The van der Waals surface area contributed by atoms with Crippen LogP contribution in [0.1, 0.15) is 10.4 Å². The van der Waals surface area contributed by atoms with Crippen LogP contribution in [0.5, 0.6) is 0 Å². The quantitative estimate of drug-likeness (QED) is 0.533. The smallest absolute Gasteiger partial charge is 0.267 e. The van der Waals surface area contributed by atoms with E-state index in [4.69, 9.17) is 0 Å². The molecule has 0 amide bonds. The van der Waals surface area contributed by atoms with Gasteiger partial charge in [0.25, 0.3) is 5.56 Å². The summed E-state index contributed by atoms with van der Waals surface area (Å²) in [4.78, 5) is 30.0. The summed E-state index contributed by atoms with van der Waals surface area (Å²) in [5.41, 5.74) is 1.41. The molecule has 0 unspecified atom stereocenters. The monoisotopic (exact) mass is 345 g/mol. The second kappa shape index (κ2) is 6.17. The average molecular weight is 345 g/mol. The van der Waals surface area contributed by atoms with Gasteiger partial charge >= 0.3 is 0 Å². The molecule has 0 N–H and O–H groups in total. The van der Waals surface area contributed by atoms with Crippen LogP contribution in [-0.2, 0) is 4.79 Å². The van der Waals surface area contributed by atoms with Crippen LogP contribution < -0.4 is 10.7 Å². The Labute approximate surface area is 140 Å². The zero-order valence-electron chi connectivity index (χ0n) is 12.5. The van der Waals surface area contributed by atoms with Crippen molar-refractivity contribution in [2.45, 2.75) is 19.0 Å². The molecular formula is C16H13N2O3S2-. The van der Waals surface area contributed by atoms with E-state index in [-0.39, 0.29) is 11.3 Å². The standard InChI is InChI=1S/C16H14N2O3S2/c1-9-10(2)23-14-13(9)15(21)18(11-6-4-3-5-7-11)16(17-14)22-8-12(19)20/h3-7H,8H2,1-2H3,(H,19,20)/p-1. The summed E-state index contributed by atoms with van der Waals surface area (Å²) in [5, 5.41) is 11.7. The largest absolute Gasteiger partial charge is 0.549 e. The topological polar surface area (TPSA) is 75.0 Å². The van der Waals surface area contributed by atoms with Crippen LogP contribution in [0.4, 0.5) is 0 Å².